The lowest BCUT2D eigenvalue weighted by molar-refractivity contribution is 0.153. The van der Waals surface area contributed by atoms with Gasteiger partial charge in [0.15, 0.2) is 0 Å². The van der Waals surface area contributed by atoms with Crippen LogP contribution in [0, 0.1) is 0 Å². The Bertz CT molecular complexity index is 938. The Hall–Kier alpha value is -3.12. The van der Waals surface area contributed by atoms with Crippen molar-refractivity contribution >= 4 is 22.6 Å². The molecule has 3 rings (SSSR count). The van der Waals surface area contributed by atoms with Crippen molar-refractivity contribution in [2.45, 2.75) is 6.54 Å². The van der Waals surface area contributed by atoms with E-state index in [1.807, 2.05) is 54.6 Å². The second-order valence-electron chi connectivity index (χ2n) is 5.91. The number of fused-ring (bicyclic) bond motifs is 1. The fourth-order valence-electron chi connectivity index (χ4n) is 2.79. The summed E-state index contributed by atoms with van der Waals surface area (Å²) >= 11 is 0. The van der Waals surface area contributed by atoms with Gasteiger partial charge in [0.2, 0.25) is 5.56 Å². The smallest absolute Gasteiger partial charge is 0.322 e. The van der Waals surface area contributed by atoms with E-state index in [4.69, 9.17) is 4.74 Å². The van der Waals surface area contributed by atoms with Gasteiger partial charge in [0.05, 0.1) is 6.61 Å². The molecule has 1 heterocycles. The predicted octanol–water partition coefficient (Wildman–Crippen LogP) is 3.21. The number of carbonyl (C=O) groups is 1. The molecule has 0 fully saturated rings. The number of amides is 2. The zero-order chi connectivity index (χ0) is 18.4. The van der Waals surface area contributed by atoms with E-state index in [0.717, 1.165) is 22.2 Å². The van der Waals surface area contributed by atoms with Gasteiger partial charge in [-0.05, 0) is 23.8 Å². The molecular formula is C20H21N3O3. The number of benzene rings is 2. The van der Waals surface area contributed by atoms with Crippen LogP contribution in [0.2, 0.25) is 0 Å². The fourth-order valence-corrected chi connectivity index (χ4v) is 2.79. The number of rotatable bonds is 6. The molecule has 0 bridgehead atoms. The molecule has 0 unspecified atom stereocenters. The molecule has 0 aliphatic carbocycles. The first-order valence-corrected chi connectivity index (χ1v) is 8.38. The number of pyridine rings is 1. The molecule has 0 radical (unpaired) electrons. The van der Waals surface area contributed by atoms with Crippen LogP contribution in [0.1, 0.15) is 5.56 Å². The highest BCUT2D eigenvalue weighted by Crippen LogP contribution is 2.17. The minimum Gasteiger partial charge on any atom is -0.383 e. The Morgan fingerprint density at radius 2 is 1.85 bits per heavy atom. The van der Waals surface area contributed by atoms with Crippen molar-refractivity contribution in [2.75, 3.05) is 25.6 Å². The monoisotopic (exact) mass is 351 g/mol. The van der Waals surface area contributed by atoms with Gasteiger partial charge in [-0.2, -0.15) is 0 Å². The summed E-state index contributed by atoms with van der Waals surface area (Å²) in [6.07, 6.45) is 0. The Labute approximate surface area is 151 Å². The van der Waals surface area contributed by atoms with Crippen molar-refractivity contribution < 1.29 is 9.53 Å². The molecule has 0 saturated heterocycles. The molecule has 134 valence electrons. The largest absolute Gasteiger partial charge is 0.383 e. The van der Waals surface area contributed by atoms with Crippen LogP contribution in [0.3, 0.4) is 0 Å². The summed E-state index contributed by atoms with van der Waals surface area (Å²) in [4.78, 5) is 29.1. The second-order valence-corrected chi connectivity index (χ2v) is 5.91. The number of ether oxygens (including phenoxy) is 1. The van der Waals surface area contributed by atoms with Gasteiger partial charge >= 0.3 is 6.03 Å². The third-order valence-corrected chi connectivity index (χ3v) is 4.08. The topological polar surface area (TPSA) is 74.4 Å². The Morgan fingerprint density at radius 1 is 1.12 bits per heavy atom. The number of nitrogens with one attached hydrogen (secondary N) is 2. The molecule has 6 nitrogen and oxygen atoms in total. The van der Waals surface area contributed by atoms with Crippen molar-refractivity contribution in [1.82, 2.24) is 9.88 Å². The molecule has 0 saturated carbocycles. The molecule has 2 aromatic carbocycles. The van der Waals surface area contributed by atoms with Gasteiger partial charge in [-0.1, -0.05) is 36.4 Å². The average molecular weight is 351 g/mol. The Kier molecular flexibility index (Phi) is 5.66. The van der Waals surface area contributed by atoms with E-state index in [0.29, 0.717) is 19.7 Å². The first-order valence-electron chi connectivity index (χ1n) is 8.38. The van der Waals surface area contributed by atoms with Crippen LogP contribution in [0.15, 0.2) is 65.5 Å². The highest BCUT2D eigenvalue weighted by molar-refractivity contribution is 5.90. The number of nitrogens with zero attached hydrogens (tertiary/aromatic N) is 1. The summed E-state index contributed by atoms with van der Waals surface area (Å²) in [5, 5.41) is 3.80. The van der Waals surface area contributed by atoms with E-state index in [2.05, 4.69) is 10.3 Å². The lowest BCUT2D eigenvalue weighted by Gasteiger charge is -2.23. The summed E-state index contributed by atoms with van der Waals surface area (Å²) in [7, 11) is 1.59. The number of methoxy groups -OCH3 is 1. The molecule has 3 aromatic rings. The number of carbonyl (C=O) groups excluding carboxylic acids is 1. The van der Waals surface area contributed by atoms with Gasteiger partial charge in [0, 0.05) is 42.9 Å². The van der Waals surface area contributed by atoms with Gasteiger partial charge in [-0.3, -0.25) is 4.79 Å². The van der Waals surface area contributed by atoms with Crippen molar-refractivity contribution in [3.05, 3.63) is 76.6 Å². The van der Waals surface area contributed by atoms with Gasteiger partial charge in [-0.25, -0.2) is 4.79 Å². The van der Waals surface area contributed by atoms with E-state index < -0.39 is 0 Å². The maximum absolute atomic E-state index is 12.7. The maximum atomic E-state index is 12.7. The van der Waals surface area contributed by atoms with Crippen LogP contribution < -0.4 is 10.9 Å². The first kappa shape index (κ1) is 17.7. The quantitative estimate of drug-likeness (QED) is 0.716. The minimum absolute atomic E-state index is 0.186. The highest BCUT2D eigenvalue weighted by atomic mass is 16.5. The Morgan fingerprint density at radius 3 is 2.62 bits per heavy atom. The van der Waals surface area contributed by atoms with E-state index >= 15 is 0 Å². The second kappa shape index (κ2) is 8.31. The molecule has 2 amide bonds. The number of urea groups is 1. The number of H-pyrrole nitrogens is 1. The van der Waals surface area contributed by atoms with E-state index in [-0.39, 0.29) is 11.6 Å². The predicted molar refractivity (Wildman–Crippen MR) is 102 cm³/mol. The zero-order valence-electron chi connectivity index (χ0n) is 14.6. The molecule has 6 heteroatoms. The van der Waals surface area contributed by atoms with Gasteiger partial charge < -0.3 is 19.9 Å². The van der Waals surface area contributed by atoms with Crippen LogP contribution in [-0.4, -0.2) is 36.2 Å². The first-order chi connectivity index (χ1) is 12.7. The highest BCUT2D eigenvalue weighted by Gasteiger charge is 2.16. The number of aromatic amines is 1. The van der Waals surface area contributed by atoms with E-state index in [1.165, 1.54) is 6.07 Å². The summed E-state index contributed by atoms with van der Waals surface area (Å²) in [5.74, 6) is 0. The Balaban J connectivity index is 1.87. The SMILES string of the molecule is COCCN(Cc1cc(=O)[nH]c2ccccc12)C(=O)Nc1ccccc1. The summed E-state index contributed by atoms with van der Waals surface area (Å²) in [6.45, 7) is 1.13. The molecule has 0 aliphatic heterocycles. The lowest BCUT2D eigenvalue weighted by Crippen LogP contribution is -2.37. The number of aromatic nitrogens is 1. The third kappa shape index (κ3) is 4.29. The molecular weight excluding hydrogens is 330 g/mol. The fraction of sp³-hybridized carbons (Fsp3) is 0.200. The molecule has 1 aromatic heterocycles. The number of hydrogen-bond donors (Lipinski definition) is 2. The molecule has 0 aliphatic rings. The van der Waals surface area contributed by atoms with Gasteiger partial charge in [-0.15, -0.1) is 0 Å². The third-order valence-electron chi connectivity index (χ3n) is 4.08. The average Bonchev–Trinajstić information content (AvgIpc) is 2.65. The molecule has 0 atom stereocenters. The standard InChI is InChI=1S/C20H21N3O3/c1-26-12-11-23(20(25)21-16-7-3-2-4-8-16)14-15-13-19(24)22-18-10-6-5-9-17(15)18/h2-10,13H,11-12,14H2,1H3,(H,21,25)(H,22,24). The number of para-hydroxylation sites is 2. The normalized spacial score (nSPS) is 10.7. The van der Waals surface area contributed by atoms with Gasteiger partial charge in [0.1, 0.15) is 0 Å². The van der Waals surface area contributed by atoms with Gasteiger partial charge in [0.25, 0.3) is 0 Å². The van der Waals surface area contributed by atoms with E-state index in [1.54, 1.807) is 12.0 Å². The molecule has 2 N–H and O–H groups in total. The van der Waals surface area contributed by atoms with Crippen LogP contribution in [0.4, 0.5) is 10.5 Å². The summed E-state index contributed by atoms with van der Waals surface area (Å²) in [5.41, 5.74) is 2.08. The molecule has 0 spiro atoms. The number of hydrogen-bond acceptors (Lipinski definition) is 3. The minimum atomic E-state index is -0.238. The van der Waals surface area contributed by atoms with Crippen molar-refractivity contribution in [1.29, 1.82) is 0 Å². The summed E-state index contributed by atoms with van der Waals surface area (Å²) < 4.78 is 5.13. The van der Waals surface area contributed by atoms with Crippen molar-refractivity contribution in [3.8, 4) is 0 Å². The number of anilines is 1. The zero-order valence-corrected chi connectivity index (χ0v) is 14.6. The van der Waals surface area contributed by atoms with E-state index in [9.17, 15) is 9.59 Å². The van der Waals surface area contributed by atoms with Crippen LogP contribution in [0.25, 0.3) is 10.9 Å². The van der Waals surface area contributed by atoms with Crippen LogP contribution >= 0.6 is 0 Å². The van der Waals surface area contributed by atoms with Crippen molar-refractivity contribution in [2.24, 2.45) is 0 Å². The summed E-state index contributed by atoms with van der Waals surface area (Å²) in [6, 6.07) is 18.1. The van der Waals surface area contributed by atoms with Crippen LogP contribution in [-0.2, 0) is 11.3 Å². The van der Waals surface area contributed by atoms with Crippen LogP contribution in [0.5, 0.6) is 0 Å². The lowest BCUT2D eigenvalue weighted by atomic mass is 10.1. The molecule has 26 heavy (non-hydrogen) atoms. The maximum Gasteiger partial charge on any atom is 0.322 e. The van der Waals surface area contributed by atoms with Crippen molar-refractivity contribution in [3.63, 3.8) is 0 Å².